The fourth-order valence-corrected chi connectivity index (χ4v) is 1.39. The first-order valence-corrected chi connectivity index (χ1v) is 5.08. The molecule has 0 aliphatic heterocycles. The molecule has 0 unspecified atom stereocenters. The summed E-state index contributed by atoms with van der Waals surface area (Å²) < 4.78 is 0. The Morgan fingerprint density at radius 2 is 1.94 bits per heavy atom. The van der Waals surface area contributed by atoms with Crippen molar-refractivity contribution in [3.05, 3.63) is 46.2 Å². The number of hydrogen-bond acceptors (Lipinski definition) is 5. The molecule has 1 heterocycles. The molecule has 0 saturated heterocycles. The van der Waals surface area contributed by atoms with Crippen LogP contribution in [-0.4, -0.2) is 15.9 Å². The smallest absolute Gasteiger partial charge is 0.254 e. The van der Waals surface area contributed by atoms with Crippen molar-refractivity contribution in [1.82, 2.24) is 9.97 Å². The van der Waals surface area contributed by atoms with Gasteiger partial charge in [0.05, 0.1) is 0 Å². The lowest BCUT2D eigenvalue weighted by Gasteiger charge is -2.05. The molecule has 2 rings (SSSR count). The number of benzene rings is 1. The molecular weight excluding hydrogens is 234 g/mol. The van der Waals surface area contributed by atoms with Crippen LogP contribution >= 0.6 is 0 Å². The standard InChI is InChI=1S/C11H11N5O2/c12-8-5-9(17)16-11(15-8)14-7-3-1-6(2-4-7)10(13)18/h1-5H,(H2,13,18)(H4,12,14,15,16,17). The van der Waals surface area contributed by atoms with Crippen molar-refractivity contribution in [3.8, 4) is 0 Å². The van der Waals surface area contributed by atoms with Gasteiger partial charge in [-0.05, 0) is 24.3 Å². The van der Waals surface area contributed by atoms with E-state index in [4.69, 9.17) is 11.5 Å². The minimum Gasteiger partial charge on any atom is -0.383 e. The Hall–Kier alpha value is -2.83. The molecule has 92 valence electrons. The van der Waals surface area contributed by atoms with Gasteiger partial charge >= 0.3 is 0 Å². The van der Waals surface area contributed by atoms with Gasteiger partial charge in [0, 0.05) is 17.3 Å². The first kappa shape index (κ1) is 11.6. The van der Waals surface area contributed by atoms with Crippen molar-refractivity contribution < 1.29 is 4.79 Å². The first-order chi connectivity index (χ1) is 8.54. The third-order valence-electron chi connectivity index (χ3n) is 2.19. The van der Waals surface area contributed by atoms with Crippen molar-refractivity contribution in [3.63, 3.8) is 0 Å². The van der Waals surface area contributed by atoms with E-state index in [-0.39, 0.29) is 17.3 Å². The van der Waals surface area contributed by atoms with Gasteiger partial charge in [-0.3, -0.25) is 14.6 Å². The highest BCUT2D eigenvalue weighted by Crippen LogP contribution is 2.13. The largest absolute Gasteiger partial charge is 0.383 e. The predicted molar refractivity (Wildman–Crippen MR) is 67.5 cm³/mol. The lowest BCUT2D eigenvalue weighted by molar-refractivity contribution is 0.100. The molecule has 2 aromatic rings. The van der Waals surface area contributed by atoms with Gasteiger partial charge in [0.2, 0.25) is 11.9 Å². The fraction of sp³-hybridized carbons (Fsp3) is 0. The average molecular weight is 245 g/mol. The molecule has 1 aromatic carbocycles. The lowest BCUT2D eigenvalue weighted by atomic mass is 10.2. The van der Waals surface area contributed by atoms with E-state index >= 15 is 0 Å². The summed E-state index contributed by atoms with van der Waals surface area (Å²) in [5.41, 5.74) is 11.3. The number of anilines is 3. The number of aromatic nitrogens is 2. The molecular formula is C11H11N5O2. The van der Waals surface area contributed by atoms with Gasteiger partial charge < -0.3 is 16.8 Å². The average Bonchev–Trinajstić information content (AvgIpc) is 2.28. The van der Waals surface area contributed by atoms with Crippen LogP contribution in [0, 0.1) is 0 Å². The highest BCUT2D eigenvalue weighted by Gasteiger charge is 2.02. The maximum absolute atomic E-state index is 11.2. The Balaban J connectivity index is 2.23. The van der Waals surface area contributed by atoms with Gasteiger partial charge in [0.25, 0.3) is 5.56 Å². The van der Waals surface area contributed by atoms with Crippen LogP contribution in [0.1, 0.15) is 10.4 Å². The lowest BCUT2D eigenvalue weighted by Crippen LogP contribution is -2.12. The second kappa shape index (κ2) is 4.58. The number of H-pyrrole nitrogens is 1. The maximum atomic E-state index is 11.2. The SMILES string of the molecule is NC(=O)c1ccc(Nc2nc(N)cc(=O)[nH]2)cc1. The molecule has 0 saturated carbocycles. The molecule has 7 nitrogen and oxygen atoms in total. The van der Waals surface area contributed by atoms with Crippen LogP contribution in [0.3, 0.4) is 0 Å². The van der Waals surface area contributed by atoms with E-state index in [1.54, 1.807) is 24.3 Å². The van der Waals surface area contributed by atoms with Crippen LogP contribution in [0.25, 0.3) is 0 Å². The van der Waals surface area contributed by atoms with Gasteiger partial charge in [-0.2, -0.15) is 4.98 Å². The highest BCUT2D eigenvalue weighted by molar-refractivity contribution is 5.93. The Bertz CT molecular complexity index is 633. The second-order valence-corrected chi connectivity index (χ2v) is 3.59. The fourth-order valence-electron chi connectivity index (χ4n) is 1.39. The molecule has 18 heavy (non-hydrogen) atoms. The molecule has 0 bridgehead atoms. The summed E-state index contributed by atoms with van der Waals surface area (Å²) in [4.78, 5) is 28.4. The molecule has 0 atom stereocenters. The van der Waals surface area contributed by atoms with Gasteiger partial charge in [0.15, 0.2) is 0 Å². The summed E-state index contributed by atoms with van der Waals surface area (Å²) in [6, 6.07) is 7.60. The number of nitrogens with one attached hydrogen (secondary N) is 2. The minimum atomic E-state index is -0.503. The van der Waals surface area contributed by atoms with E-state index in [0.717, 1.165) is 0 Å². The van der Waals surface area contributed by atoms with Crippen molar-refractivity contribution in [2.24, 2.45) is 5.73 Å². The molecule has 1 amide bonds. The third-order valence-corrected chi connectivity index (χ3v) is 2.19. The molecule has 6 N–H and O–H groups in total. The van der Waals surface area contributed by atoms with Crippen LogP contribution in [-0.2, 0) is 0 Å². The van der Waals surface area contributed by atoms with Crippen LogP contribution in [0.5, 0.6) is 0 Å². The molecule has 1 aromatic heterocycles. The monoisotopic (exact) mass is 245 g/mol. The van der Waals surface area contributed by atoms with E-state index in [2.05, 4.69) is 15.3 Å². The Morgan fingerprint density at radius 1 is 1.28 bits per heavy atom. The summed E-state index contributed by atoms with van der Waals surface area (Å²) in [6.07, 6.45) is 0. The zero-order valence-corrected chi connectivity index (χ0v) is 9.31. The number of nitrogen functional groups attached to an aromatic ring is 1. The number of nitrogens with two attached hydrogens (primary N) is 2. The Morgan fingerprint density at radius 3 is 2.50 bits per heavy atom. The van der Waals surface area contributed by atoms with Gasteiger partial charge in [-0.25, -0.2) is 0 Å². The zero-order valence-electron chi connectivity index (χ0n) is 9.31. The second-order valence-electron chi connectivity index (χ2n) is 3.59. The Labute approximate surface area is 102 Å². The summed E-state index contributed by atoms with van der Waals surface area (Å²) in [6.45, 7) is 0. The minimum absolute atomic E-state index is 0.120. The van der Waals surface area contributed by atoms with E-state index in [0.29, 0.717) is 11.3 Å². The van der Waals surface area contributed by atoms with E-state index < -0.39 is 5.91 Å². The molecule has 0 fully saturated rings. The van der Waals surface area contributed by atoms with Crippen molar-refractivity contribution >= 4 is 23.4 Å². The van der Waals surface area contributed by atoms with Gasteiger partial charge in [-0.1, -0.05) is 0 Å². The number of rotatable bonds is 3. The highest BCUT2D eigenvalue weighted by atomic mass is 16.1. The van der Waals surface area contributed by atoms with Crippen molar-refractivity contribution in [1.29, 1.82) is 0 Å². The van der Waals surface area contributed by atoms with Crippen LogP contribution in [0.2, 0.25) is 0 Å². The molecule has 0 aliphatic carbocycles. The summed E-state index contributed by atoms with van der Waals surface area (Å²) in [5, 5.41) is 2.85. The maximum Gasteiger partial charge on any atom is 0.254 e. The predicted octanol–water partition coefficient (Wildman–Crippen LogP) is 0.195. The molecule has 0 spiro atoms. The van der Waals surface area contributed by atoms with E-state index in [9.17, 15) is 9.59 Å². The normalized spacial score (nSPS) is 10.0. The molecule has 0 aliphatic rings. The Kier molecular flexibility index (Phi) is 2.96. The van der Waals surface area contributed by atoms with Crippen molar-refractivity contribution in [2.75, 3.05) is 11.1 Å². The van der Waals surface area contributed by atoms with Crippen LogP contribution in [0.4, 0.5) is 17.5 Å². The third kappa shape index (κ3) is 2.64. The molecule has 7 heteroatoms. The van der Waals surface area contributed by atoms with E-state index in [1.807, 2.05) is 0 Å². The number of aromatic amines is 1. The number of carbonyl (C=O) groups excluding carboxylic acids is 1. The number of nitrogens with zero attached hydrogens (tertiary/aromatic N) is 1. The topological polar surface area (TPSA) is 127 Å². The van der Waals surface area contributed by atoms with Crippen LogP contribution < -0.4 is 22.3 Å². The number of amides is 1. The number of primary amides is 1. The van der Waals surface area contributed by atoms with Gasteiger partial charge in [-0.15, -0.1) is 0 Å². The van der Waals surface area contributed by atoms with Crippen molar-refractivity contribution in [2.45, 2.75) is 0 Å². The van der Waals surface area contributed by atoms with Crippen LogP contribution in [0.15, 0.2) is 35.1 Å². The summed E-state index contributed by atoms with van der Waals surface area (Å²) >= 11 is 0. The first-order valence-electron chi connectivity index (χ1n) is 5.08. The summed E-state index contributed by atoms with van der Waals surface area (Å²) in [5.74, 6) is -0.154. The quantitative estimate of drug-likeness (QED) is 0.614. The van der Waals surface area contributed by atoms with Gasteiger partial charge in [0.1, 0.15) is 5.82 Å². The zero-order chi connectivity index (χ0) is 13.1. The van der Waals surface area contributed by atoms with E-state index in [1.165, 1.54) is 6.07 Å². The number of carbonyl (C=O) groups is 1. The number of hydrogen-bond donors (Lipinski definition) is 4. The summed E-state index contributed by atoms with van der Waals surface area (Å²) in [7, 11) is 0. The molecule has 0 radical (unpaired) electrons.